The van der Waals surface area contributed by atoms with Gasteiger partial charge in [-0.25, -0.2) is 8.78 Å². The summed E-state index contributed by atoms with van der Waals surface area (Å²) in [6.45, 7) is 1.86. The maximum atomic E-state index is 12.4. The Morgan fingerprint density at radius 2 is 1.77 bits per heavy atom. The van der Waals surface area contributed by atoms with E-state index in [2.05, 4.69) is 0 Å². The highest BCUT2D eigenvalue weighted by molar-refractivity contribution is 4.78. The molecule has 0 rings (SSSR count). The van der Waals surface area contributed by atoms with Crippen LogP contribution >= 0.6 is 0 Å². The van der Waals surface area contributed by atoms with Crippen LogP contribution in [-0.2, 0) is 0 Å². The highest BCUT2D eigenvalue weighted by atomic mass is 19.3. The van der Waals surface area contributed by atoms with Gasteiger partial charge in [-0.1, -0.05) is 26.2 Å². The molecule has 0 fully saturated rings. The summed E-state index contributed by atoms with van der Waals surface area (Å²) in [7, 11) is 0. The Kier molecular flexibility index (Phi) is 5.29. The second kappa shape index (κ2) is 5.42. The summed E-state index contributed by atoms with van der Waals surface area (Å²) in [4.78, 5) is 0. The Hall–Kier alpha value is -0.320. The van der Waals surface area contributed by atoms with E-state index in [1.165, 1.54) is 0 Å². The van der Waals surface area contributed by atoms with Crippen molar-refractivity contribution in [2.75, 3.05) is 0 Å². The predicted molar refractivity (Wildman–Crippen MR) is 41.1 cm³/mol. The minimum Gasteiger partial charge on any atom is -0.387 e. The van der Waals surface area contributed by atoms with E-state index in [1.807, 2.05) is 6.92 Å². The quantitative estimate of drug-likeness (QED) is 0.518. The highest BCUT2D eigenvalue weighted by Crippen LogP contribution is 2.29. The minimum atomic E-state index is -4.27. The fourth-order valence-electron chi connectivity index (χ4n) is 0.926. The van der Waals surface area contributed by atoms with Crippen LogP contribution in [0.4, 0.5) is 17.6 Å². The second-order valence-electron chi connectivity index (χ2n) is 2.99. The molecule has 0 aliphatic heterocycles. The first-order valence-corrected chi connectivity index (χ1v) is 4.27. The van der Waals surface area contributed by atoms with Gasteiger partial charge in [-0.3, -0.25) is 0 Å². The Morgan fingerprint density at radius 1 is 1.23 bits per heavy atom. The van der Waals surface area contributed by atoms with Crippen LogP contribution in [0.5, 0.6) is 0 Å². The van der Waals surface area contributed by atoms with Gasteiger partial charge in [-0.2, -0.15) is 8.78 Å². The maximum Gasteiger partial charge on any atom is 0.332 e. The molecule has 0 bridgehead atoms. The summed E-state index contributed by atoms with van der Waals surface area (Å²) in [6, 6.07) is 0. The Morgan fingerprint density at radius 3 is 2.15 bits per heavy atom. The zero-order valence-electron chi connectivity index (χ0n) is 7.44. The third-order valence-corrected chi connectivity index (χ3v) is 1.82. The Labute approximate surface area is 74.8 Å². The first kappa shape index (κ1) is 12.7. The molecule has 0 aliphatic rings. The number of hydrogen-bond acceptors (Lipinski definition) is 1. The van der Waals surface area contributed by atoms with Crippen molar-refractivity contribution in [1.82, 2.24) is 0 Å². The summed E-state index contributed by atoms with van der Waals surface area (Å²) in [5.74, 6) is -4.27. The SMILES string of the molecule is CCCCCC(O)C(F)(F)C(F)F. The first-order chi connectivity index (χ1) is 5.92. The van der Waals surface area contributed by atoms with Gasteiger partial charge < -0.3 is 5.11 Å². The number of rotatable bonds is 6. The average Bonchev–Trinajstić information content (AvgIpc) is 2.04. The molecular weight excluding hydrogens is 188 g/mol. The molecule has 0 radical (unpaired) electrons. The first-order valence-electron chi connectivity index (χ1n) is 4.27. The zero-order chi connectivity index (χ0) is 10.5. The van der Waals surface area contributed by atoms with Crippen molar-refractivity contribution in [1.29, 1.82) is 0 Å². The summed E-state index contributed by atoms with van der Waals surface area (Å²) in [6.07, 6.45) is -4.47. The normalized spacial score (nSPS) is 15.0. The molecule has 1 unspecified atom stereocenters. The van der Waals surface area contributed by atoms with Gasteiger partial charge in [0.1, 0.15) is 6.10 Å². The van der Waals surface area contributed by atoms with Crippen molar-refractivity contribution in [3.05, 3.63) is 0 Å². The molecule has 0 spiro atoms. The van der Waals surface area contributed by atoms with Gasteiger partial charge >= 0.3 is 12.3 Å². The number of aliphatic hydroxyl groups excluding tert-OH is 1. The van der Waals surface area contributed by atoms with Crippen molar-refractivity contribution >= 4 is 0 Å². The Balaban J connectivity index is 3.87. The van der Waals surface area contributed by atoms with E-state index in [4.69, 9.17) is 5.11 Å². The zero-order valence-corrected chi connectivity index (χ0v) is 7.44. The highest BCUT2D eigenvalue weighted by Gasteiger charge is 2.47. The van der Waals surface area contributed by atoms with Gasteiger partial charge in [0.15, 0.2) is 0 Å². The summed E-state index contributed by atoms with van der Waals surface area (Å²) in [5, 5.41) is 8.74. The van der Waals surface area contributed by atoms with Crippen LogP contribution in [0.2, 0.25) is 0 Å². The molecular formula is C8H14F4O. The van der Waals surface area contributed by atoms with Gasteiger partial charge in [0.25, 0.3) is 0 Å². The van der Waals surface area contributed by atoms with E-state index < -0.39 is 18.5 Å². The van der Waals surface area contributed by atoms with Crippen LogP contribution in [0.25, 0.3) is 0 Å². The van der Waals surface area contributed by atoms with E-state index >= 15 is 0 Å². The van der Waals surface area contributed by atoms with E-state index in [1.54, 1.807) is 0 Å². The molecule has 0 amide bonds. The van der Waals surface area contributed by atoms with Crippen LogP contribution < -0.4 is 0 Å². The molecule has 1 N–H and O–H groups in total. The number of aliphatic hydroxyl groups is 1. The minimum absolute atomic E-state index is 0.273. The van der Waals surface area contributed by atoms with E-state index in [-0.39, 0.29) is 6.42 Å². The van der Waals surface area contributed by atoms with Crippen molar-refractivity contribution in [3.8, 4) is 0 Å². The summed E-state index contributed by atoms with van der Waals surface area (Å²) < 4.78 is 48.1. The summed E-state index contributed by atoms with van der Waals surface area (Å²) >= 11 is 0. The van der Waals surface area contributed by atoms with Crippen LogP contribution in [-0.4, -0.2) is 23.6 Å². The summed E-state index contributed by atoms with van der Waals surface area (Å²) in [5.41, 5.74) is 0. The van der Waals surface area contributed by atoms with Crippen LogP contribution in [0.1, 0.15) is 32.6 Å². The van der Waals surface area contributed by atoms with E-state index in [0.717, 1.165) is 6.42 Å². The van der Waals surface area contributed by atoms with Crippen LogP contribution in [0.15, 0.2) is 0 Å². The topological polar surface area (TPSA) is 20.2 Å². The lowest BCUT2D eigenvalue weighted by Crippen LogP contribution is -2.40. The molecule has 0 aromatic carbocycles. The molecule has 5 heteroatoms. The fourth-order valence-corrected chi connectivity index (χ4v) is 0.926. The molecule has 0 saturated carbocycles. The molecule has 0 aliphatic carbocycles. The lowest BCUT2D eigenvalue weighted by molar-refractivity contribution is -0.193. The standard InChI is InChI=1S/C8H14F4O/c1-2-3-4-5-6(13)8(11,12)7(9)10/h6-7,13H,2-5H2,1H3. The van der Waals surface area contributed by atoms with Gasteiger partial charge in [-0.15, -0.1) is 0 Å². The largest absolute Gasteiger partial charge is 0.387 e. The van der Waals surface area contributed by atoms with E-state index in [0.29, 0.717) is 12.8 Å². The number of halogens is 4. The van der Waals surface area contributed by atoms with Crippen LogP contribution in [0.3, 0.4) is 0 Å². The van der Waals surface area contributed by atoms with Gasteiger partial charge in [-0.05, 0) is 6.42 Å². The molecule has 0 aromatic heterocycles. The number of unbranched alkanes of at least 4 members (excludes halogenated alkanes) is 2. The Bertz CT molecular complexity index is 138. The molecule has 0 aromatic rings. The maximum absolute atomic E-state index is 12.4. The van der Waals surface area contributed by atoms with Gasteiger partial charge in [0, 0.05) is 0 Å². The molecule has 0 heterocycles. The predicted octanol–water partition coefficient (Wildman–Crippen LogP) is 2.83. The lowest BCUT2D eigenvalue weighted by Gasteiger charge is -2.21. The van der Waals surface area contributed by atoms with Crippen molar-refractivity contribution in [2.24, 2.45) is 0 Å². The molecule has 1 atom stereocenters. The second-order valence-corrected chi connectivity index (χ2v) is 2.99. The smallest absolute Gasteiger partial charge is 0.332 e. The molecule has 13 heavy (non-hydrogen) atoms. The van der Waals surface area contributed by atoms with Crippen molar-refractivity contribution in [2.45, 2.75) is 51.1 Å². The number of alkyl halides is 4. The monoisotopic (exact) mass is 202 g/mol. The third kappa shape index (κ3) is 3.93. The molecule has 0 saturated heterocycles. The third-order valence-electron chi connectivity index (χ3n) is 1.82. The van der Waals surface area contributed by atoms with Gasteiger partial charge in [0.05, 0.1) is 0 Å². The van der Waals surface area contributed by atoms with Crippen molar-refractivity contribution < 1.29 is 22.7 Å². The van der Waals surface area contributed by atoms with E-state index in [9.17, 15) is 17.6 Å². The average molecular weight is 202 g/mol. The van der Waals surface area contributed by atoms with Crippen LogP contribution in [0, 0.1) is 0 Å². The van der Waals surface area contributed by atoms with Gasteiger partial charge in [0.2, 0.25) is 0 Å². The molecule has 1 nitrogen and oxygen atoms in total. The number of hydrogen-bond donors (Lipinski definition) is 1. The fraction of sp³-hybridized carbons (Fsp3) is 1.00. The lowest BCUT2D eigenvalue weighted by atomic mass is 10.1. The van der Waals surface area contributed by atoms with Crippen molar-refractivity contribution in [3.63, 3.8) is 0 Å². The molecule has 80 valence electrons.